The van der Waals surface area contributed by atoms with E-state index in [1.165, 1.54) is 16.7 Å². The first kappa shape index (κ1) is 23.8. The van der Waals surface area contributed by atoms with Gasteiger partial charge >= 0.3 is 0 Å². The lowest BCUT2D eigenvalue weighted by Gasteiger charge is -2.16. The Morgan fingerprint density at radius 3 is 2.62 bits per heavy atom. The van der Waals surface area contributed by atoms with Gasteiger partial charge in [-0.25, -0.2) is 0 Å². The zero-order valence-corrected chi connectivity index (χ0v) is 20.5. The summed E-state index contributed by atoms with van der Waals surface area (Å²) in [5.41, 5.74) is 3.28. The van der Waals surface area contributed by atoms with Crippen LogP contribution in [0, 0.1) is 13.8 Å². The Balaban J connectivity index is 1.73. The molecule has 0 aliphatic heterocycles. The van der Waals surface area contributed by atoms with Crippen molar-refractivity contribution in [2.24, 2.45) is 0 Å². The van der Waals surface area contributed by atoms with Crippen molar-refractivity contribution in [3.05, 3.63) is 99.9 Å². The van der Waals surface area contributed by atoms with Gasteiger partial charge in [0.1, 0.15) is 22.8 Å². The number of rotatable bonds is 6. The van der Waals surface area contributed by atoms with E-state index in [0.717, 1.165) is 11.1 Å². The highest BCUT2D eigenvalue weighted by Gasteiger charge is 2.21. The molecule has 9 heteroatoms. The van der Waals surface area contributed by atoms with Crippen molar-refractivity contribution in [2.45, 2.75) is 20.4 Å². The molecule has 37 heavy (non-hydrogen) atoms. The first-order valence-corrected chi connectivity index (χ1v) is 11.5. The van der Waals surface area contributed by atoms with Gasteiger partial charge in [0.05, 0.1) is 36.1 Å². The van der Waals surface area contributed by atoms with Gasteiger partial charge in [0, 0.05) is 35.0 Å². The predicted octanol–water partition coefficient (Wildman–Crippen LogP) is 4.68. The number of amides is 1. The van der Waals surface area contributed by atoms with Gasteiger partial charge in [0.15, 0.2) is 0 Å². The van der Waals surface area contributed by atoms with E-state index in [0.29, 0.717) is 39.5 Å². The molecule has 0 aliphatic rings. The maximum atomic E-state index is 13.7. The Hall–Kier alpha value is -4.92. The zero-order chi connectivity index (χ0) is 26.1. The topological polar surface area (TPSA) is 119 Å². The number of benzene rings is 2. The summed E-state index contributed by atoms with van der Waals surface area (Å²) in [4.78, 5) is 31.3. The molecule has 1 amide bonds. The second kappa shape index (κ2) is 9.62. The lowest BCUT2D eigenvalue weighted by atomic mass is 9.99. The number of ether oxygens (including phenoxy) is 1. The summed E-state index contributed by atoms with van der Waals surface area (Å²) < 4.78 is 12.6. The van der Waals surface area contributed by atoms with Crippen LogP contribution in [0.25, 0.3) is 22.0 Å². The van der Waals surface area contributed by atoms with Crippen LogP contribution in [0.15, 0.2) is 76.2 Å². The van der Waals surface area contributed by atoms with Gasteiger partial charge in [-0.1, -0.05) is 17.3 Å². The highest BCUT2D eigenvalue weighted by Crippen LogP contribution is 2.37. The van der Waals surface area contributed by atoms with Gasteiger partial charge in [-0.05, 0) is 50.2 Å². The summed E-state index contributed by atoms with van der Waals surface area (Å²) in [6.45, 7) is 3.80. The number of pyridine rings is 2. The average Bonchev–Trinajstić information content (AvgIpc) is 3.22. The van der Waals surface area contributed by atoms with E-state index < -0.39 is 11.5 Å². The SMILES string of the molecule is COc1cc2c(cc1-c1c(C)noc1C)cc(C(=O)Nc1cccc(O)c1)c(=O)n2Cc1ccccn1. The number of hydrogen-bond donors (Lipinski definition) is 2. The van der Waals surface area contributed by atoms with Crippen molar-refractivity contribution in [2.75, 3.05) is 12.4 Å². The third kappa shape index (κ3) is 4.54. The van der Waals surface area contributed by atoms with Crippen LogP contribution in [-0.2, 0) is 6.54 Å². The number of nitrogens with zero attached hydrogens (tertiary/aromatic N) is 3. The summed E-state index contributed by atoms with van der Waals surface area (Å²) >= 11 is 0. The third-order valence-electron chi connectivity index (χ3n) is 6.11. The summed E-state index contributed by atoms with van der Waals surface area (Å²) in [6.07, 6.45) is 1.65. The third-order valence-corrected chi connectivity index (χ3v) is 6.11. The van der Waals surface area contributed by atoms with Crippen molar-refractivity contribution in [3.63, 3.8) is 0 Å². The molecule has 5 rings (SSSR count). The molecule has 0 saturated carbocycles. The first-order chi connectivity index (χ1) is 17.9. The quantitative estimate of drug-likeness (QED) is 0.350. The van der Waals surface area contributed by atoms with E-state index in [1.807, 2.05) is 32.0 Å². The fraction of sp³-hybridized carbons (Fsp3) is 0.143. The van der Waals surface area contributed by atoms with Crippen molar-refractivity contribution in [1.29, 1.82) is 0 Å². The van der Waals surface area contributed by atoms with Gasteiger partial charge in [-0.3, -0.25) is 14.6 Å². The van der Waals surface area contributed by atoms with Crippen LogP contribution < -0.4 is 15.6 Å². The number of phenols is 1. The van der Waals surface area contributed by atoms with Crippen LogP contribution in [0.1, 0.15) is 27.5 Å². The Labute approximate surface area is 212 Å². The van der Waals surface area contributed by atoms with E-state index >= 15 is 0 Å². The van der Waals surface area contributed by atoms with Crippen molar-refractivity contribution in [3.8, 4) is 22.6 Å². The fourth-order valence-corrected chi connectivity index (χ4v) is 4.39. The molecular formula is C28H24N4O5. The number of carbonyl (C=O) groups is 1. The molecule has 0 radical (unpaired) electrons. The molecule has 3 aromatic heterocycles. The van der Waals surface area contributed by atoms with Crippen LogP contribution in [-0.4, -0.2) is 32.8 Å². The molecular weight excluding hydrogens is 472 g/mol. The Morgan fingerprint density at radius 1 is 1.11 bits per heavy atom. The van der Waals surface area contributed by atoms with E-state index in [-0.39, 0.29) is 17.9 Å². The molecule has 9 nitrogen and oxygen atoms in total. The van der Waals surface area contributed by atoms with Gasteiger partial charge in [-0.15, -0.1) is 0 Å². The number of methoxy groups -OCH3 is 1. The number of nitrogens with one attached hydrogen (secondary N) is 1. The second-order valence-electron chi connectivity index (χ2n) is 8.59. The van der Waals surface area contributed by atoms with E-state index in [1.54, 1.807) is 43.6 Å². The van der Waals surface area contributed by atoms with Crippen LogP contribution in [0.5, 0.6) is 11.5 Å². The number of carbonyl (C=O) groups excluding carboxylic acids is 1. The van der Waals surface area contributed by atoms with Gasteiger partial charge in [0.25, 0.3) is 11.5 Å². The lowest BCUT2D eigenvalue weighted by Crippen LogP contribution is -2.30. The van der Waals surface area contributed by atoms with Crippen LogP contribution in [0.3, 0.4) is 0 Å². The number of aromatic hydroxyl groups is 1. The Morgan fingerprint density at radius 2 is 1.95 bits per heavy atom. The minimum Gasteiger partial charge on any atom is -0.508 e. The van der Waals surface area contributed by atoms with Crippen LogP contribution in [0.2, 0.25) is 0 Å². The summed E-state index contributed by atoms with van der Waals surface area (Å²) in [6, 6.07) is 16.8. The zero-order valence-electron chi connectivity index (χ0n) is 20.5. The number of fused-ring (bicyclic) bond motifs is 1. The number of phenolic OH excluding ortho intramolecular Hbond substituents is 1. The molecule has 2 aromatic carbocycles. The smallest absolute Gasteiger partial charge is 0.264 e. The van der Waals surface area contributed by atoms with Gasteiger partial charge < -0.3 is 24.3 Å². The molecule has 5 aromatic rings. The first-order valence-electron chi connectivity index (χ1n) is 11.5. The van der Waals surface area contributed by atoms with E-state index in [9.17, 15) is 14.7 Å². The molecule has 2 N–H and O–H groups in total. The molecule has 3 heterocycles. The molecule has 0 fully saturated rings. The molecule has 186 valence electrons. The number of aromatic nitrogens is 3. The summed E-state index contributed by atoms with van der Waals surface area (Å²) in [7, 11) is 1.56. The largest absolute Gasteiger partial charge is 0.508 e. The van der Waals surface area contributed by atoms with Crippen molar-refractivity contribution < 1.29 is 19.2 Å². The average molecular weight is 497 g/mol. The number of aryl methyl sites for hydroxylation is 2. The highest BCUT2D eigenvalue weighted by atomic mass is 16.5. The fourth-order valence-electron chi connectivity index (χ4n) is 4.39. The van der Waals surface area contributed by atoms with Crippen molar-refractivity contribution >= 4 is 22.5 Å². The molecule has 0 bridgehead atoms. The van der Waals surface area contributed by atoms with Crippen LogP contribution >= 0.6 is 0 Å². The van der Waals surface area contributed by atoms with Gasteiger partial charge in [0.2, 0.25) is 0 Å². The van der Waals surface area contributed by atoms with E-state index in [2.05, 4.69) is 15.5 Å². The maximum absolute atomic E-state index is 13.7. The van der Waals surface area contributed by atoms with Gasteiger partial charge in [-0.2, -0.15) is 0 Å². The molecule has 0 atom stereocenters. The molecule has 0 aliphatic carbocycles. The van der Waals surface area contributed by atoms with E-state index in [4.69, 9.17) is 9.26 Å². The predicted molar refractivity (Wildman–Crippen MR) is 139 cm³/mol. The summed E-state index contributed by atoms with van der Waals surface area (Å²) in [5, 5.41) is 17.2. The lowest BCUT2D eigenvalue weighted by molar-refractivity contribution is 0.102. The monoisotopic (exact) mass is 496 g/mol. The molecule has 0 spiro atoms. The Bertz CT molecular complexity index is 1670. The normalized spacial score (nSPS) is 11.0. The second-order valence-corrected chi connectivity index (χ2v) is 8.59. The minimum absolute atomic E-state index is 0.0000670. The standard InChI is InChI=1S/C28H24N4O5/c1-16-26(17(2)37-31-16)22-11-18-12-23(27(34)30-19-8-6-9-21(33)13-19)28(35)32(24(18)14-25(22)36-3)15-20-7-4-5-10-29-20/h4-14,33H,15H2,1-3H3,(H,30,34). The van der Waals surface area contributed by atoms with Crippen molar-refractivity contribution in [1.82, 2.24) is 14.7 Å². The number of hydrogen-bond acceptors (Lipinski definition) is 7. The summed E-state index contributed by atoms with van der Waals surface area (Å²) in [5.74, 6) is 0.564. The maximum Gasteiger partial charge on any atom is 0.264 e. The highest BCUT2D eigenvalue weighted by molar-refractivity contribution is 6.06. The van der Waals surface area contributed by atoms with Crippen LogP contribution in [0.4, 0.5) is 5.69 Å². The molecule has 0 unspecified atom stereocenters. The number of anilines is 1. The molecule has 0 saturated heterocycles. The minimum atomic E-state index is -0.595. The Kier molecular flexibility index (Phi) is 6.19.